The van der Waals surface area contributed by atoms with Crippen LogP contribution in [0.15, 0.2) is 60.7 Å². The van der Waals surface area contributed by atoms with Crippen molar-refractivity contribution in [1.29, 1.82) is 0 Å². The van der Waals surface area contributed by atoms with Gasteiger partial charge >= 0.3 is 0 Å². The average Bonchev–Trinajstić information content (AvgIpc) is 2.62. The molecule has 4 heteroatoms. The molecule has 1 N–H and O–H groups in total. The van der Waals surface area contributed by atoms with Gasteiger partial charge in [-0.3, -0.25) is 9.59 Å². The molecule has 0 radical (unpaired) electrons. The molecular formula is C19H22N2O2. The van der Waals surface area contributed by atoms with Gasteiger partial charge in [-0.2, -0.15) is 0 Å². The van der Waals surface area contributed by atoms with Crippen LogP contribution < -0.4 is 5.32 Å². The fourth-order valence-electron chi connectivity index (χ4n) is 2.55. The molecule has 0 unspecified atom stereocenters. The molecule has 120 valence electrons. The molecule has 0 aliphatic rings. The lowest BCUT2D eigenvalue weighted by atomic mass is 10.0. The van der Waals surface area contributed by atoms with Crippen molar-refractivity contribution in [3.8, 4) is 0 Å². The smallest absolute Gasteiger partial charge is 0.247 e. The Hall–Kier alpha value is -2.62. The minimum absolute atomic E-state index is 0.0497. The van der Waals surface area contributed by atoms with E-state index in [1.54, 1.807) is 11.9 Å². The quantitative estimate of drug-likeness (QED) is 0.892. The summed E-state index contributed by atoms with van der Waals surface area (Å²) in [5.41, 5.74) is 1.81. The highest BCUT2D eigenvalue weighted by atomic mass is 16.2. The third-order valence-electron chi connectivity index (χ3n) is 3.74. The largest absolute Gasteiger partial charge is 0.357 e. The fraction of sp³-hybridized carbons (Fsp3) is 0.263. The summed E-state index contributed by atoms with van der Waals surface area (Å²) in [4.78, 5) is 26.6. The first-order valence-corrected chi connectivity index (χ1v) is 7.77. The number of carbonyl (C=O) groups excluding carboxylic acids is 2. The molecule has 0 aromatic heterocycles. The van der Waals surface area contributed by atoms with Gasteiger partial charge in [-0.1, -0.05) is 67.6 Å². The van der Waals surface area contributed by atoms with Gasteiger partial charge < -0.3 is 10.2 Å². The summed E-state index contributed by atoms with van der Waals surface area (Å²) in [5.74, 6) is -0.236. The van der Waals surface area contributed by atoms with Crippen LogP contribution in [0.2, 0.25) is 0 Å². The van der Waals surface area contributed by atoms with Crippen molar-refractivity contribution < 1.29 is 9.59 Å². The molecule has 2 rings (SSSR count). The van der Waals surface area contributed by atoms with Crippen molar-refractivity contribution in [1.82, 2.24) is 10.2 Å². The molecule has 2 amide bonds. The minimum Gasteiger partial charge on any atom is -0.357 e. The first-order chi connectivity index (χ1) is 11.2. The lowest BCUT2D eigenvalue weighted by molar-refractivity contribution is -0.141. The van der Waals surface area contributed by atoms with Gasteiger partial charge in [0, 0.05) is 20.0 Å². The Balaban J connectivity index is 2.40. The van der Waals surface area contributed by atoms with Crippen LogP contribution in [0.5, 0.6) is 0 Å². The Labute approximate surface area is 137 Å². The van der Waals surface area contributed by atoms with Gasteiger partial charge in [0.25, 0.3) is 0 Å². The van der Waals surface area contributed by atoms with E-state index in [0.29, 0.717) is 13.0 Å². The van der Waals surface area contributed by atoms with Crippen LogP contribution >= 0.6 is 0 Å². The Morgan fingerprint density at radius 1 is 1.00 bits per heavy atom. The third-order valence-corrected chi connectivity index (χ3v) is 3.74. The molecule has 2 aromatic rings. The molecular weight excluding hydrogens is 288 g/mol. The SMILES string of the molecule is CCC(=O)N(Cc1ccccc1)[C@H](C(=O)NC)c1ccccc1. The van der Waals surface area contributed by atoms with Crippen LogP contribution in [0.25, 0.3) is 0 Å². The maximum atomic E-state index is 12.5. The molecule has 0 fully saturated rings. The van der Waals surface area contributed by atoms with Gasteiger partial charge in [0.1, 0.15) is 6.04 Å². The molecule has 0 aliphatic carbocycles. The molecule has 4 nitrogen and oxygen atoms in total. The van der Waals surface area contributed by atoms with Gasteiger partial charge in [0.2, 0.25) is 11.8 Å². The number of nitrogens with one attached hydrogen (secondary N) is 1. The Bertz CT molecular complexity index is 641. The summed E-state index contributed by atoms with van der Waals surface area (Å²) in [6.07, 6.45) is 0.354. The zero-order valence-electron chi connectivity index (χ0n) is 13.5. The number of benzene rings is 2. The normalized spacial score (nSPS) is 11.6. The number of hydrogen-bond acceptors (Lipinski definition) is 2. The van der Waals surface area contributed by atoms with E-state index in [1.165, 1.54) is 0 Å². The van der Waals surface area contributed by atoms with Crippen molar-refractivity contribution in [2.24, 2.45) is 0 Å². The van der Waals surface area contributed by atoms with Crippen LogP contribution in [-0.4, -0.2) is 23.8 Å². The number of likely N-dealkylation sites (N-methyl/N-ethyl adjacent to an activating group) is 1. The molecule has 0 spiro atoms. The molecule has 0 heterocycles. The van der Waals surface area contributed by atoms with E-state index in [1.807, 2.05) is 67.6 Å². The molecule has 1 atom stereocenters. The topological polar surface area (TPSA) is 49.4 Å². The summed E-state index contributed by atoms with van der Waals surface area (Å²) >= 11 is 0. The van der Waals surface area contributed by atoms with Crippen molar-refractivity contribution in [2.45, 2.75) is 25.9 Å². The van der Waals surface area contributed by atoms with Crippen LogP contribution in [-0.2, 0) is 16.1 Å². The summed E-state index contributed by atoms with van der Waals surface area (Å²) in [6.45, 7) is 2.22. The number of rotatable bonds is 6. The highest BCUT2D eigenvalue weighted by molar-refractivity contribution is 5.88. The molecule has 0 saturated heterocycles. The Morgan fingerprint density at radius 3 is 2.09 bits per heavy atom. The molecule has 0 aliphatic heterocycles. The van der Waals surface area contributed by atoms with E-state index in [4.69, 9.17) is 0 Å². The van der Waals surface area contributed by atoms with Gasteiger partial charge in [-0.25, -0.2) is 0 Å². The maximum absolute atomic E-state index is 12.5. The minimum atomic E-state index is -0.631. The van der Waals surface area contributed by atoms with E-state index in [0.717, 1.165) is 11.1 Å². The highest BCUT2D eigenvalue weighted by Gasteiger charge is 2.29. The summed E-state index contributed by atoms with van der Waals surface area (Å²) in [6, 6.07) is 18.5. The standard InChI is InChI=1S/C19H22N2O2/c1-3-17(22)21(14-15-10-6-4-7-11-15)18(19(23)20-2)16-12-8-5-9-13-16/h4-13,18H,3,14H2,1-2H3,(H,20,23)/t18-/m0/s1. The molecule has 2 aromatic carbocycles. The van der Waals surface area contributed by atoms with Crippen molar-refractivity contribution >= 4 is 11.8 Å². The van der Waals surface area contributed by atoms with E-state index < -0.39 is 6.04 Å². The lowest BCUT2D eigenvalue weighted by Gasteiger charge is -2.31. The van der Waals surface area contributed by atoms with Crippen LogP contribution in [0.1, 0.15) is 30.5 Å². The average molecular weight is 310 g/mol. The fourth-order valence-corrected chi connectivity index (χ4v) is 2.55. The predicted octanol–water partition coefficient (Wildman–Crippen LogP) is 2.91. The number of amides is 2. The first kappa shape index (κ1) is 16.7. The van der Waals surface area contributed by atoms with Crippen molar-refractivity contribution in [2.75, 3.05) is 7.05 Å². The second kappa shape index (κ2) is 8.13. The summed E-state index contributed by atoms with van der Waals surface area (Å²) < 4.78 is 0. The van der Waals surface area contributed by atoms with Crippen molar-refractivity contribution in [3.05, 3.63) is 71.8 Å². The van der Waals surface area contributed by atoms with E-state index in [-0.39, 0.29) is 11.8 Å². The van der Waals surface area contributed by atoms with Gasteiger partial charge in [0.05, 0.1) is 0 Å². The number of hydrogen-bond donors (Lipinski definition) is 1. The summed E-state index contributed by atoms with van der Waals surface area (Å²) in [7, 11) is 1.59. The third kappa shape index (κ3) is 4.19. The second-order valence-corrected chi connectivity index (χ2v) is 5.29. The Morgan fingerprint density at radius 2 is 1.57 bits per heavy atom. The van der Waals surface area contributed by atoms with Gasteiger partial charge in [-0.05, 0) is 11.1 Å². The lowest BCUT2D eigenvalue weighted by Crippen LogP contribution is -2.42. The zero-order valence-corrected chi connectivity index (χ0v) is 13.5. The summed E-state index contributed by atoms with van der Waals surface area (Å²) in [5, 5.41) is 2.68. The Kier molecular flexibility index (Phi) is 5.92. The number of carbonyl (C=O) groups is 2. The van der Waals surface area contributed by atoms with Gasteiger partial charge in [-0.15, -0.1) is 0 Å². The molecule has 23 heavy (non-hydrogen) atoms. The molecule has 0 bridgehead atoms. The van der Waals surface area contributed by atoms with E-state index >= 15 is 0 Å². The van der Waals surface area contributed by atoms with E-state index in [9.17, 15) is 9.59 Å². The maximum Gasteiger partial charge on any atom is 0.247 e. The highest BCUT2D eigenvalue weighted by Crippen LogP contribution is 2.24. The van der Waals surface area contributed by atoms with Crippen LogP contribution in [0, 0.1) is 0 Å². The van der Waals surface area contributed by atoms with Crippen LogP contribution in [0.4, 0.5) is 0 Å². The van der Waals surface area contributed by atoms with Gasteiger partial charge in [0.15, 0.2) is 0 Å². The second-order valence-electron chi connectivity index (χ2n) is 5.29. The van der Waals surface area contributed by atoms with Crippen LogP contribution in [0.3, 0.4) is 0 Å². The molecule has 0 saturated carbocycles. The predicted molar refractivity (Wildman–Crippen MR) is 90.5 cm³/mol. The number of nitrogens with zero attached hydrogens (tertiary/aromatic N) is 1. The van der Waals surface area contributed by atoms with E-state index in [2.05, 4.69) is 5.32 Å². The monoisotopic (exact) mass is 310 g/mol. The zero-order chi connectivity index (χ0) is 16.7. The first-order valence-electron chi connectivity index (χ1n) is 7.77. The van der Waals surface area contributed by atoms with Crippen molar-refractivity contribution in [3.63, 3.8) is 0 Å².